The summed E-state index contributed by atoms with van der Waals surface area (Å²) in [5.74, 6) is 2.31. The third-order valence-corrected chi connectivity index (χ3v) is 3.43. The van der Waals surface area contributed by atoms with Crippen LogP contribution in [0.5, 0.6) is 0 Å². The van der Waals surface area contributed by atoms with Gasteiger partial charge < -0.3 is 14.7 Å². The summed E-state index contributed by atoms with van der Waals surface area (Å²) in [4.78, 5) is 4.43. The molecular weight excluding hydrogens is 238 g/mol. The number of nitrogen functional groups attached to an aromatic ring is 1. The first-order valence-electron chi connectivity index (χ1n) is 6.36. The monoisotopic (exact) mass is 255 g/mol. The molecule has 2 heterocycles. The normalized spacial score (nSPS) is 13.0. The van der Waals surface area contributed by atoms with Gasteiger partial charge in [-0.3, -0.25) is 0 Å². The number of hydrogen-bond acceptors (Lipinski definition) is 3. The number of furan rings is 1. The molecule has 4 nitrogen and oxygen atoms in total. The lowest BCUT2D eigenvalue weighted by Crippen LogP contribution is -2.09. The minimum absolute atomic E-state index is 0.0291. The van der Waals surface area contributed by atoms with Crippen LogP contribution in [0, 0.1) is 13.8 Å². The number of anilines is 1. The first-order chi connectivity index (χ1) is 9.06. The van der Waals surface area contributed by atoms with Crippen LogP contribution >= 0.6 is 0 Å². The molecule has 0 saturated carbocycles. The van der Waals surface area contributed by atoms with Crippen molar-refractivity contribution in [2.24, 2.45) is 0 Å². The van der Waals surface area contributed by atoms with Crippen LogP contribution in [0.15, 0.2) is 34.7 Å². The van der Waals surface area contributed by atoms with Crippen molar-refractivity contribution in [3.63, 3.8) is 0 Å². The number of rotatable bonds is 2. The van der Waals surface area contributed by atoms with Crippen LogP contribution in [0.2, 0.25) is 0 Å². The lowest BCUT2D eigenvalue weighted by atomic mass is 10.2. The van der Waals surface area contributed by atoms with Crippen molar-refractivity contribution >= 4 is 17.0 Å². The molecule has 0 spiro atoms. The molecule has 4 heteroatoms. The van der Waals surface area contributed by atoms with E-state index in [9.17, 15) is 0 Å². The van der Waals surface area contributed by atoms with Gasteiger partial charge in [-0.1, -0.05) is 6.07 Å². The standard InChI is InChI=1S/C15H17N3O/c1-9-4-6-13-12(8-9)17-15(16)18(13)11(3)14-7-5-10(2)19-14/h4-8,11H,1-3H3,(H2,16,17). The molecule has 0 amide bonds. The summed E-state index contributed by atoms with van der Waals surface area (Å²) in [6.07, 6.45) is 0. The van der Waals surface area contributed by atoms with Crippen LogP contribution in [-0.2, 0) is 0 Å². The van der Waals surface area contributed by atoms with Gasteiger partial charge in [0.25, 0.3) is 0 Å². The third kappa shape index (κ3) is 1.89. The Kier molecular flexibility index (Phi) is 2.59. The molecule has 3 aromatic rings. The van der Waals surface area contributed by atoms with E-state index in [-0.39, 0.29) is 6.04 Å². The summed E-state index contributed by atoms with van der Waals surface area (Å²) in [5.41, 5.74) is 9.19. The van der Waals surface area contributed by atoms with Gasteiger partial charge in [-0.15, -0.1) is 0 Å². The third-order valence-electron chi connectivity index (χ3n) is 3.43. The zero-order chi connectivity index (χ0) is 13.6. The highest BCUT2D eigenvalue weighted by molar-refractivity contribution is 5.79. The Morgan fingerprint density at radius 3 is 2.68 bits per heavy atom. The Morgan fingerprint density at radius 1 is 1.21 bits per heavy atom. The van der Waals surface area contributed by atoms with Crippen molar-refractivity contribution in [2.45, 2.75) is 26.8 Å². The zero-order valence-corrected chi connectivity index (χ0v) is 11.3. The summed E-state index contributed by atoms with van der Waals surface area (Å²) in [6.45, 7) is 6.05. The maximum absolute atomic E-state index is 6.06. The van der Waals surface area contributed by atoms with E-state index in [2.05, 4.69) is 24.0 Å². The van der Waals surface area contributed by atoms with Gasteiger partial charge in [-0.05, 0) is 50.6 Å². The van der Waals surface area contributed by atoms with Crippen molar-refractivity contribution < 1.29 is 4.42 Å². The van der Waals surface area contributed by atoms with E-state index < -0.39 is 0 Å². The van der Waals surface area contributed by atoms with Crippen molar-refractivity contribution in [3.05, 3.63) is 47.4 Å². The summed E-state index contributed by atoms with van der Waals surface area (Å²) in [6, 6.07) is 10.1. The molecule has 98 valence electrons. The Labute approximate surface area is 111 Å². The van der Waals surface area contributed by atoms with Gasteiger partial charge in [0.15, 0.2) is 0 Å². The molecule has 0 fully saturated rings. The lowest BCUT2D eigenvalue weighted by Gasteiger charge is -2.13. The van der Waals surface area contributed by atoms with E-state index in [4.69, 9.17) is 10.2 Å². The molecule has 3 rings (SSSR count). The first-order valence-corrected chi connectivity index (χ1v) is 6.36. The number of imidazole rings is 1. The van der Waals surface area contributed by atoms with Gasteiger partial charge in [0.1, 0.15) is 11.5 Å². The predicted molar refractivity (Wildman–Crippen MR) is 76.1 cm³/mol. The summed E-state index contributed by atoms with van der Waals surface area (Å²) in [7, 11) is 0. The van der Waals surface area contributed by atoms with Crippen molar-refractivity contribution in [3.8, 4) is 0 Å². The number of aromatic nitrogens is 2. The lowest BCUT2D eigenvalue weighted by molar-refractivity contribution is 0.435. The topological polar surface area (TPSA) is 57.0 Å². The Hall–Kier alpha value is -2.23. The molecule has 0 aliphatic rings. The van der Waals surface area contributed by atoms with Crippen molar-refractivity contribution in [1.29, 1.82) is 0 Å². The van der Waals surface area contributed by atoms with E-state index in [0.29, 0.717) is 5.95 Å². The fourth-order valence-electron chi connectivity index (χ4n) is 2.44. The number of benzene rings is 1. The molecule has 0 aliphatic heterocycles. The SMILES string of the molecule is Cc1ccc2c(c1)nc(N)n2C(C)c1ccc(C)o1. The number of hydrogen-bond donors (Lipinski definition) is 1. The molecular formula is C15H17N3O. The number of nitrogens with two attached hydrogens (primary N) is 1. The molecule has 1 atom stereocenters. The molecule has 2 N–H and O–H groups in total. The largest absolute Gasteiger partial charge is 0.464 e. The second kappa shape index (κ2) is 4.16. The van der Waals surface area contributed by atoms with Gasteiger partial charge in [-0.2, -0.15) is 0 Å². The maximum atomic E-state index is 6.06. The highest BCUT2D eigenvalue weighted by Crippen LogP contribution is 2.28. The average molecular weight is 255 g/mol. The number of nitrogens with zero attached hydrogens (tertiary/aromatic N) is 2. The second-order valence-corrected chi connectivity index (χ2v) is 4.96. The van der Waals surface area contributed by atoms with Crippen molar-refractivity contribution in [2.75, 3.05) is 5.73 Å². The van der Waals surface area contributed by atoms with E-state index in [1.54, 1.807) is 0 Å². The van der Waals surface area contributed by atoms with Gasteiger partial charge in [0.2, 0.25) is 5.95 Å². The molecule has 2 aromatic heterocycles. The minimum atomic E-state index is 0.0291. The smallest absolute Gasteiger partial charge is 0.201 e. The van der Waals surface area contributed by atoms with Crippen LogP contribution in [0.4, 0.5) is 5.95 Å². The first kappa shape index (κ1) is 11.8. The van der Waals surface area contributed by atoms with Crippen LogP contribution in [0.3, 0.4) is 0 Å². The van der Waals surface area contributed by atoms with Crippen LogP contribution in [-0.4, -0.2) is 9.55 Å². The van der Waals surface area contributed by atoms with E-state index in [1.807, 2.05) is 36.6 Å². The van der Waals surface area contributed by atoms with E-state index in [1.165, 1.54) is 5.56 Å². The molecule has 0 bridgehead atoms. The summed E-state index contributed by atoms with van der Waals surface area (Å²) < 4.78 is 7.70. The van der Waals surface area contributed by atoms with Gasteiger partial charge in [0.05, 0.1) is 17.1 Å². The quantitative estimate of drug-likeness (QED) is 0.763. The zero-order valence-electron chi connectivity index (χ0n) is 11.3. The van der Waals surface area contributed by atoms with Crippen LogP contribution in [0.1, 0.15) is 30.0 Å². The van der Waals surface area contributed by atoms with Gasteiger partial charge >= 0.3 is 0 Å². The average Bonchev–Trinajstić information content (AvgIpc) is 2.91. The van der Waals surface area contributed by atoms with Crippen molar-refractivity contribution in [1.82, 2.24) is 9.55 Å². The molecule has 0 saturated heterocycles. The fraction of sp³-hybridized carbons (Fsp3) is 0.267. The highest BCUT2D eigenvalue weighted by atomic mass is 16.3. The fourth-order valence-corrected chi connectivity index (χ4v) is 2.44. The second-order valence-electron chi connectivity index (χ2n) is 4.96. The molecule has 0 radical (unpaired) electrons. The Morgan fingerprint density at radius 2 is 2.00 bits per heavy atom. The van der Waals surface area contributed by atoms with Crippen LogP contribution < -0.4 is 5.73 Å². The highest BCUT2D eigenvalue weighted by Gasteiger charge is 2.18. The predicted octanol–water partition coefficient (Wildman–Crippen LogP) is 3.44. The van der Waals surface area contributed by atoms with Gasteiger partial charge in [-0.25, -0.2) is 4.98 Å². The molecule has 19 heavy (non-hydrogen) atoms. The Balaban J connectivity index is 2.16. The summed E-state index contributed by atoms with van der Waals surface area (Å²) >= 11 is 0. The van der Waals surface area contributed by atoms with Gasteiger partial charge in [0, 0.05) is 0 Å². The Bertz CT molecular complexity index is 739. The van der Waals surface area contributed by atoms with Crippen LogP contribution in [0.25, 0.3) is 11.0 Å². The summed E-state index contributed by atoms with van der Waals surface area (Å²) in [5, 5.41) is 0. The minimum Gasteiger partial charge on any atom is -0.464 e. The molecule has 1 aromatic carbocycles. The maximum Gasteiger partial charge on any atom is 0.201 e. The molecule has 1 unspecified atom stereocenters. The number of fused-ring (bicyclic) bond motifs is 1. The number of aryl methyl sites for hydroxylation is 2. The van der Waals surface area contributed by atoms with E-state index >= 15 is 0 Å². The molecule has 0 aliphatic carbocycles. The van der Waals surface area contributed by atoms with E-state index in [0.717, 1.165) is 22.6 Å².